The smallest absolute Gasteiger partial charge is 0.305 e. The number of carboxylic acids is 1. The van der Waals surface area contributed by atoms with Crippen molar-refractivity contribution in [2.24, 2.45) is 29.1 Å². The number of halogens is 2. The van der Waals surface area contributed by atoms with Gasteiger partial charge in [0.15, 0.2) is 0 Å². The summed E-state index contributed by atoms with van der Waals surface area (Å²) in [6.07, 6.45) is 1.87. The molecule has 2 aromatic rings. The molecule has 2 saturated heterocycles. The number of hydrogen-bond acceptors (Lipinski definition) is 6. The van der Waals surface area contributed by atoms with Gasteiger partial charge in [-0.25, -0.2) is 9.29 Å². The van der Waals surface area contributed by atoms with Gasteiger partial charge in [0.1, 0.15) is 11.6 Å². The van der Waals surface area contributed by atoms with Crippen LogP contribution in [0.3, 0.4) is 0 Å². The van der Waals surface area contributed by atoms with Gasteiger partial charge in [0.05, 0.1) is 40.3 Å². The standard InChI is InChI=1S/C31H28ClFN2O7/c1-14-11-15(3-8-23(14)36)26-17-5-6-18-25(29(41)34(27(18)39)10-9-24(37)38)19(17)13-20-28(40)35(30(42)31(20,26)2)16-4-7-22(33)21(32)12-16/h3-5,7-8,11-12,18-20,25-26,36H,6,9-10,13H2,1-2H3,(H,37,38). The molecule has 0 bridgehead atoms. The van der Waals surface area contributed by atoms with Crippen molar-refractivity contribution in [3.8, 4) is 5.75 Å². The van der Waals surface area contributed by atoms with Crippen molar-refractivity contribution < 1.29 is 38.6 Å². The Hall–Kier alpha value is -4.05. The summed E-state index contributed by atoms with van der Waals surface area (Å²) in [5.74, 6) is -7.25. The number of aliphatic carboxylic acids is 1. The largest absolute Gasteiger partial charge is 0.508 e. The summed E-state index contributed by atoms with van der Waals surface area (Å²) in [6, 6.07) is 8.61. The number of nitrogens with zero attached hydrogens (tertiary/aromatic N) is 2. The van der Waals surface area contributed by atoms with Gasteiger partial charge in [0, 0.05) is 12.5 Å². The maximum atomic E-state index is 14.3. The molecule has 6 atom stereocenters. The first-order valence-corrected chi connectivity index (χ1v) is 14.1. The minimum absolute atomic E-state index is 0.0625. The number of benzene rings is 2. The molecule has 1 saturated carbocycles. The average Bonchev–Trinajstić information content (AvgIpc) is 3.30. The Bertz CT molecular complexity index is 1620. The summed E-state index contributed by atoms with van der Waals surface area (Å²) < 4.78 is 14.0. The van der Waals surface area contributed by atoms with Crippen molar-refractivity contribution in [2.75, 3.05) is 11.4 Å². The summed E-state index contributed by atoms with van der Waals surface area (Å²) in [5, 5.41) is 19.2. The number of likely N-dealkylation sites (tertiary alicyclic amines) is 1. The minimum atomic E-state index is -1.30. The average molecular weight is 595 g/mol. The number of anilines is 1. The summed E-state index contributed by atoms with van der Waals surface area (Å²) >= 11 is 6.01. The van der Waals surface area contributed by atoms with E-state index >= 15 is 0 Å². The first-order chi connectivity index (χ1) is 19.9. The van der Waals surface area contributed by atoms with Gasteiger partial charge in [-0.1, -0.05) is 35.4 Å². The molecule has 4 amide bonds. The van der Waals surface area contributed by atoms with Crippen LogP contribution in [0.25, 0.3) is 0 Å². The molecule has 218 valence electrons. The first-order valence-electron chi connectivity index (χ1n) is 13.8. The Morgan fingerprint density at radius 3 is 2.48 bits per heavy atom. The molecule has 0 radical (unpaired) electrons. The lowest BCUT2D eigenvalue weighted by Crippen LogP contribution is -2.48. The van der Waals surface area contributed by atoms with Crippen LogP contribution in [0.1, 0.15) is 43.2 Å². The van der Waals surface area contributed by atoms with Crippen molar-refractivity contribution in [1.29, 1.82) is 0 Å². The number of carbonyl (C=O) groups is 5. The molecule has 2 heterocycles. The molecule has 42 heavy (non-hydrogen) atoms. The number of carbonyl (C=O) groups excluding carboxylic acids is 4. The van der Waals surface area contributed by atoms with E-state index in [0.717, 1.165) is 21.4 Å². The molecular formula is C31H28ClFN2O7. The highest BCUT2D eigenvalue weighted by molar-refractivity contribution is 6.31. The predicted molar refractivity (Wildman–Crippen MR) is 148 cm³/mol. The van der Waals surface area contributed by atoms with Crippen molar-refractivity contribution in [3.63, 3.8) is 0 Å². The lowest BCUT2D eigenvalue weighted by molar-refractivity contribution is -0.142. The van der Waals surface area contributed by atoms with Crippen LogP contribution in [0.4, 0.5) is 10.1 Å². The summed E-state index contributed by atoms with van der Waals surface area (Å²) in [7, 11) is 0. The zero-order valence-corrected chi connectivity index (χ0v) is 23.6. The number of carboxylic acid groups (broad SMARTS) is 1. The molecule has 9 nitrogen and oxygen atoms in total. The van der Waals surface area contributed by atoms with Gasteiger partial charge in [-0.05, 0) is 68.0 Å². The lowest BCUT2D eigenvalue weighted by Gasteiger charge is -2.49. The predicted octanol–water partition coefficient (Wildman–Crippen LogP) is 4.20. The van der Waals surface area contributed by atoms with Crippen molar-refractivity contribution in [1.82, 2.24) is 4.90 Å². The van der Waals surface area contributed by atoms with Gasteiger partial charge in [-0.15, -0.1) is 0 Å². The molecule has 6 unspecified atom stereocenters. The molecule has 2 N–H and O–H groups in total. The van der Waals surface area contributed by atoms with Crippen molar-refractivity contribution >= 4 is 46.9 Å². The van der Waals surface area contributed by atoms with E-state index in [0.29, 0.717) is 11.1 Å². The van der Waals surface area contributed by atoms with Gasteiger partial charge < -0.3 is 10.2 Å². The number of aromatic hydroxyl groups is 1. The first kappa shape index (κ1) is 28.1. The van der Waals surface area contributed by atoms with Gasteiger partial charge >= 0.3 is 5.97 Å². The van der Waals surface area contributed by atoms with Crippen LogP contribution in [0, 0.1) is 41.8 Å². The topological polar surface area (TPSA) is 132 Å². The van der Waals surface area contributed by atoms with Crippen LogP contribution in [-0.4, -0.2) is 51.3 Å². The Labute approximate surface area is 245 Å². The van der Waals surface area contributed by atoms with Gasteiger partial charge in [-0.3, -0.25) is 28.9 Å². The molecule has 2 aliphatic heterocycles. The van der Waals surface area contributed by atoms with Gasteiger partial charge in [0.2, 0.25) is 23.6 Å². The molecule has 2 aliphatic carbocycles. The van der Waals surface area contributed by atoms with E-state index < -0.39 is 70.4 Å². The van der Waals surface area contributed by atoms with Crippen LogP contribution in [0.5, 0.6) is 5.75 Å². The third-order valence-electron chi connectivity index (χ3n) is 9.63. The van der Waals surface area contributed by atoms with Crippen LogP contribution in [0.2, 0.25) is 5.02 Å². The highest BCUT2D eigenvalue weighted by Crippen LogP contribution is 2.63. The SMILES string of the molecule is Cc1cc(C2C3=CCC4C(=O)N(CCC(=O)O)C(=O)C4C3CC3C(=O)N(c4ccc(F)c(Cl)c4)C(=O)C32C)ccc1O. The van der Waals surface area contributed by atoms with E-state index in [-0.39, 0.29) is 42.3 Å². The zero-order valence-electron chi connectivity index (χ0n) is 22.8. The lowest BCUT2D eigenvalue weighted by atomic mass is 9.51. The number of hydrogen-bond donors (Lipinski definition) is 2. The quantitative estimate of drug-likeness (QED) is 0.392. The Balaban J connectivity index is 1.48. The number of rotatable bonds is 5. The second-order valence-corrected chi connectivity index (χ2v) is 12.2. The number of allylic oxidation sites excluding steroid dienone is 2. The maximum Gasteiger partial charge on any atom is 0.305 e. The number of aryl methyl sites for hydroxylation is 1. The van der Waals surface area contributed by atoms with Crippen LogP contribution in [-0.2, 0) is 24.0 Å². The highest BCUT2D eigenvalue weighted by Gasteiger charge is 2.67. The summed E-state index contributed by atoms with van der Waals surface area (Å²) in [4.78, 5) is 68.6. The van der Waals surface area contributed by atoms with E-state index in [1.807, 2.05) is 6.08 Å². The van der Waals surface area contributed by atoms with E-state index in [4.69, 9.17) is 16.7 Å². The third kappa shape index (κ3) is 3.91. The Morgan fingerprint density at radius 2 is 1.81 bits per heavy atom. The fourth-order valence-electron chi connectivity index (χ4n) is 7.62. The van der Waals surface area contributed by atoms with Crippen LogP contribution >= 0.6 is 11.6 Å². The number of phenols is 1. The number of fused-ring (bicyclic) bond motifs is 4. The fraction of sp³-hybridized carbons (Fsp3) is 0.387. The zero-order chi connectivity index (χ0) is 30.2. The van der Waals surface area contributed by atoms with Crippen LogP contribution in [0.15, 0.2) is 48.0 Å². The molecule has 2 aromatic carbocycles. The van der Waals surface area contributed by atoms with E-state index in [2.05, 4.69) is 0 Å². The van der Waals surface area contributed by atoms with Gasteiger partial charge in [0.25, 0.3) is 0 Å². The Morgan fingerprint density at radius 1 is 1.07 bits per heavy atom. The molecule has 4 aliphatic rings. The Kier molecular flexibility index (Phi) is 6.53. The van der Waals surface area contributed by atoms with Crippen molar-refractivity contribution in [3.05, 3.63) is 70.0 Å². The number of phenolic OH excluding ortho intramolecular Hbond substituents is 1. The maximum absolute atomic E-state index is 14.3. The molecule has 0 spiro atoms. The van der Waals surface area contributed by atoms with E-state index in [1.54, 1.807) is 26.0 Å². The molecule has 3 fully saturated rings. The third-order valence-corrected chi connectivity index (χ3v) is 9.92. The molecule has 6 rings (SSSR count). The van der Waals surface area contributed by atoms with Gasteiger partial charge in [-0.2, -0.15) is 0 Å². The van der Waals surface area contributed by atoms with E-state index in [1.165, 1.54) is 18.2 Å². The van der Waals surface area contributed by atoms with Crippen LogP contribution < -0.4 is 4.90 Å². The second-order valence-electron chi connectivity index (χ2n) is 11.8. The number of amides is 4. The highest BCUT2D eigenvalue weighted by atomic mass is 35.5. The minimum Gasteiger partial charge on any atom is -0.508 e. The molecule has 11 heteroatoms. The molecule has 0 aromatic heterocycles. The molecular weight excluding hydrogens is 567 g/mol. The van der Waals surface area contributed by atoms with Crippen molar-refractivity contribution in [2.45, 2.75) is 39.0 Å². The second kappa shape index (κ2) is 9.76. The normalized spacial score (nSPS) is 30.3. The van der Waals surface area contributed by atoms with E-state index in [9.17, 15) is 33.5 Å². The summed E-state index contributed by atoms with van der Waals surface area (Å²) in [6.45, 7) is 3.21. The fourth-order valence-corrected chi connectivity index (χ4v) is 7.79. The summed E-state index contributed by atoms with van der Waals surface area (Å²) in [5.41, 5.74) is 0.836. The monoisotopic (exact) mass is 594 g/mol. The number of imide groups is 2.